The molecule has 1 heterocycles. The molecule has 1 unspecified atom stereocenters. The Morgan fingerprint density at radius 1 is 0.875 bits per heavy atom. The number of ether oxygens (including phenoxy) is 5. The quantitative estimate of drug-likeness (QED) is 0.580. The highest BCUT2D eigenvalue weighted by Crippen LogP contribution is 2.37. The van der Waals surface area contributed by atoms with Crippen LogP contribution in [-0.4, -0.2) is 58.4 Å². The summed E-state index contributed by atoms with van der Waals surface area (Å²) in [5, 5.41) is 0. The minimum Gasteiger partial charge on any atom is -0.497 e. The summed E-state index contributed by atoms with van der Waals surface area (Å²) in [5.74, 6) is 2.04. The second kappa shape index (κ2) is 10.3. The minimum absolute atomic E-state index is 0.166. The summed E-state index contributed by atoms with van der Waals surface area (Å²) >= 11 is 0. The third-order valence-electron chi connectivity index (χ3n) is 5.78. The molecule has 1 aliphatic rings. The van der Waals surface area contributed by atoms with Crippen molar-refractivity contribution in [2.45, 2.75) is 31.8 Å². The molecule has 0 bridgehead atoms. The molecule has 0 N–H and O–H groups in total. The lowest BCUT2D eigenvalue weighted by Gasteiger charge is -2.36. The van der Waals surface area contributed by atoms with Gasteiger partial charge in [-0.3, -0.25) is 4.79 Å². The van der Waals surface area contributed by atoms with E-state index in [2.05, 4.69) is 0 Å². The van der Waals surface area contributed by atoms with Crippen LogP contribution in [0.4, 0.5) is 0 Å². The molecular weight excluding hydrogens is 414 g/mol. The van der Waals surface area contributed by atoms with E-state index in [1.54, 1.807) is 51.5 Å². The molecule has 0 saturated heterocycles. The summed E-state index contributed by atoms with van der Waals surface area (Å²) in [6, 6.07) is 8.33. The summed E-state index contributed by atoms with van der Waals surface area (Å²) in [7, 11) is 7.65. The fraction of sp³-hybridized carbons (Fsp3) is 0.417. The minimum atomic E-state index is -0.742. The summed E-state index contributed by atoms with van der Waals surface area (Å²) in [6.45, 7) is 0.226. The zero-order valence-electron chi connectivity index (χ0n) is 19.1. The number of esters is 1. The van der Waals surface area contributed by atoms with Gasteiger partial charge < -0.3 is 28.6 Å². The first kappa shape index (κ1) is 23.2. The van der Waals surface area contributed by atoms with E-state index in [-0.39, 0.29) is 25.3 Å². The molecule has 0 spiro atoms. The number of methoxy groups -OCH3 is 5. The molecule has 32 heavy (non-hydrogen) atoms. The van der Waals surface area contributed by atoms with Gasteiger partial charge in [0.25, 0.3) is 0 Å². The molecule has 2 aromatic carbocycles. The number of hydrogen-bond donors (Lipinski definition) is 0. The number of nitrogens with zero attached hydrogens (tertiary/aromatic N) is 1. The second-order valence-electron chi connectivity index (χ2n) is 7.37. The van der Waals surface area contributed by atoms with Gasteiger partial charge in [0.1, 0.15) is 29.0 Å². The lowest BCUT2D eigenvalue weighted by atomic mass is 9.91. The average molecular weight is 443 g/mol. The molecule has 1 amide bonds. The van der Waals surface area contributed by atoms with Crippen molar-refractivity contribution in [1.82, 2.24) is 4.90 Å². The Morgan fingerprint density at radius 2 is 1.50 bits per heavy atom. The van der Waals surface area contributed by atoms with E-state index < -0.39 is 12.0 Å². The van der Waals surface area contributed by atoms with Crippen LogP contribution in [0.25, 0.3) is 0 Å². The van der Waals surface area contributed by atoms with Crippen LogP contribution in [0.3, 0.4) is 0 Å². The van der Waals surface area contributed by atoms with Gasteiger partial charge >= 0.3 is 5.97 Å². The van der Waals surface area contributed by atoms with E-state index in [0.717, 1.165) is 16.7 Å². The first-order valence-corrected chi connectivity index (χ1v) is 10.3. The van der Waals surface area contributed by atoms with Crippen molar-refractivity contribution in [3.63, 3.8) is 0 Å². The van der Waals surface area contributed by atoms with E-state index >= 15 is 0 Å². The van der Waals surface area contributed by atoms with Crippen LogP contribution in [0.1, 0.15) is 23.1 Å². The van der Waals surface area contributed by atoms with Crippen molar-refractivity contribution in [3.05, 3.63) is 47.0 Å². The van der Waals surface area contributed by atoms with E-state index in [9.17, 15) is 9.59 Å². The molecule has 8 nitrogen and oxygen atoms in total. The number of hydrogen-bond acceptors (Lipinski definition) is 7. The van der Waals surface area contributed by atoms with Gasteiger partial charge in [-0.15, -0.1) is 0 Å². The first-order valence-electron chi connectivity index (χ1n) is 10.3. The number of carbonyl (C=O) groups is 2. The molecule has 172 valence electrons. The Balaban J connectivity index is 1.89. The van der Waals surface area contributed by atoms with Crippen molar-refractivity contribution in [2.75, 3.05) is 35.5 Å². The van der Waals surface area contributed by atoms with Crippen LogP contribution in [-0.2, 0) is 33.7 Å². The summed E-state index contributed by atoms with van der Waals surface area (Å²) in [6.07, 6.45) is 0.918. The lowest BCUT2D eigenvalue weighted by Crippen LogP contribution is -2.49. The van der Waals surface area contributed by atoms with Gasteiger partial charge in [0, 0.05) is 24.0 Å². The molecule has 1 atom stereocenters. The molecule has 8 heteroatoms. The highest BCUT2D eigenvalue weighted by atomic mass is 16.5. The van der Waals surface area contributed by atoms with Crippen molar-refractivity contribution >= 4 is 11.9 Å². The largest absolute Gasteiger partial charge is 0.497 e. The van der Waals surface area contributed by atoms with Gasteiger partial charge in [-0.1, -0.05) is 0 Å². The van der Waals surface area contributed by atoms with E-state index in [1.807, 2.05) is 12.1 Å². The Morgan fingerprint density at radius 3 is 2.09 bits per heavy atom. The van der Waals surface area contributed by atoms with Crippen LogP contribution in [0, 0.1) is 0 Å². The topological polar surface area (TPSA) is 83.5 Å². The number of rotatable bonds is 8. The third-order valence-corrected chi connectivity index (χ3v) is 5.78. The molecule has 0 saturated carbocycles. The highest BCUT2D eigenvalue weighted by Gasteiger charge is 2.37. The van der Waals surface area contributed by atoms with Crippen molar-refractivity contribution in [2.24, 2.45) is 0 Å². The number of benzene rings is 2. The maximum Gasteiger partial charge on any atom is 0.328 e. The Kier molecular flexibility index (Phi) is 7.45. The predicted octanol–water partition coefficient (Wildman–Crippen LogP) is 2.78. The third kappa shape index (κ3) is 4.59. The van der Waals surface area contributed by atoms with Gasteiger partial charge in [-0.05, 0) is 42.3 Å². The van der Waals surface area contributed by atoms with Gasteiger partial charge in [0.15, 0.2) is 0 Å². The van der Waals surface area contributed by atoms with Gasteiger partial charge in [0.05, 0.1) is 42.1 Å². The summed E-state index contributed by atoms with van der Waals surface area (Å²) in [4.78, 5) is 27.4. The van der Waals surface area contributed by atoms with E-state index in [1.165, 1.54) is 7.11 Å². The van der Waals surface area contributed by atoms with Gasteiger partial charge in [-0.2, -0.15) is 0 Å². The van der Waals surface area contributed by atoms with Crippen molar-refractivity contribution in [3.8, 4) is 23.0 Å². The van der Waals surface area contributed by atoms with Crippen LogP contribution >= 0.6 is 0 Å². The number of fused-ring (bicyclic) bond motifs is 1. The molecule has 0 aromatic heterocycles. The van der Waals surface area contributed by atoms with E-state index in [4.69, 9.17) is 23.7 Å². The Hall–Kier alpha value is -3.42. The van der Waals surface area contributed by atoms with Crippen LogP contribution in [0.15, 0.2) is 30.3 Å². The fourth-order valence-corrected chi connectivity index (χ4v) is 4.08. The summed E-state index contributed by atoms with van der Waals surface area (Å²) < 4.78 is 26.7. The van der Waals surface area contributed by atoms with Crippen molar-refractivity contribution in [1.29, 1.82) is 0 Å². The summed E-state index contributed by atoms with van der Waals surface area (Å²) in [5.41, 5.74) is 2.53. The van der Waals surface area contributed by atoms with Crippen LogP contribution < -0.4 is 18.9 Å². The Bertz CT molecular complexity index is 989. The number of aryl methyl sites for hydroxylation is 1. The molecule has 0 radical (unpaired) electrons. The predicted molar refractivity (Wildman–Crippen MR) is 117 cm³/mol. The lowest BCUT2D eigenvalue weighted by molar-refractivity contribution is -0.154. The SMILES string of the molecule is COC(=O)C1Cc2c(OC)ccc(OC)c2CN1C(=O)CCc1cc(OC)ccc1OC. The standard InChI is InChI=1S/C24H29NO7/c1-28-16-7-8-20(29-2)15(12-16)6-11-23(26)25-14-18-17(13-19(25)24(27)32-5)21(30-3)9-10-22(18)31-4/h7-10,12,19H,6,11,13-14H2,1-5H3. The zero-order valence-corrected chi connectivity index (χ0v) is 19.1. The molecule has 0 aliphatic carbocycles. The smallest absolute Gasteiger partial charge is 0.328 e. The highest BCUT2D eigenvalue weighted by molar-refractivity contribution is 5.86. The maximum absolute atomic E-state index is 13.3. The monoisotopic (exact) mass is 443 g/mol. The van der Waals surface area contributed by atoms with Crippen molar-refractivity contribution < 1.29 is 33.3 Å². The number of carbonyl (C=O) groups excluding carboxylic acids is 2. The number of amides is 1. The van der Waals surface area contributed by atoms with Gasteiger partial charge in [-0.25, -0.2) is 4.79 Å². The Labute approximate surface area is 188 Å². The van der Waals surface area contributed by atoms with Crippen LogP contribution in [0.2, 0.25) is 0 Å². The second-order valence-corrected chi connectivity index (χ2v) is 7.37. The molecule has 0 fully saturated rings. The zero-order chi connectivity index (χ0) is 23.3. The van der Waals surface area contributed by atoms with Crippen LogP contribution in [0.5, 0.6) is 23.0 Å². The molecule has 3 rings (SSSR count). The first-order chi connectivity index (χ1) is 15.5. The molecule has 2 aromatic rings. The normalized spacial score (nSPS) is 14.9. The molecular formula is C24H29NO7. The fourth-order valence-electron chi connectivity index (χ4n) is 4.08. The molecule has 1 aliphatic heterocycles. The van der Waals surface area contributed by atoms with E-state index in [0.29, 0.717) is 29.4 Å². The average Bonchev–Trinajstić information content (AvgIpc) is 2.84. The maximum atomic E-state index is 13.3. The van der Waals surface area contributed by atoms with Gasteiger partial charge in [0.2, 0.25) is 5.91 Å².